The smallest absolute Gasteiger partial charge is 0.347 e. The number of carbonyl (C=O) groups is 2. The van der Waals surface area contributed by atoms with Crippen LogP contribution in [0.2, 0.25) is 0 Å². The van der Waals surface area contributed by atoms with Crippen molar-refractivity contribution in [2.45, 2.75) is 37.2 Å². The Hall–Kier alpha value is -2.47. The molecule has 0 aliphatic carbocycles. The molecule has 0 heterocycles. The van der Waals surface area contributed by atoms with E-state index in [-0.39, 0.29) is 5.91 Å². The number of anilines is 1. The molecule has 0 atom stereocenters. The fourth-order valence-corrected chi connectivity index (χ4v) is 2.70. The number of hydrogen-bond donors (Lipinski definition) is 2. The minimum Gasteiger partial charge on any atom is -0.478 e. The molecule has 0 bridgehead atoms. The van der Waals surface area contributed by atoms with Gasteiger partial charge in [0, 0.05) is 17.0 Å². The van der Waals surface area contributed by atoms with Gasteiger partial charge in [-0.2, -0.15) is 0 Å². The first kappa shape index (κ1) is 19.8. The molecule has 138 valence electrons. The Bertz CT molecular complexity index is 772. The monoisotopic (exact) mass is 373 g/mol. The zero-order valence-electron chi connectivity index (χ0n) is 15.1. The van der Waals surface area contributed by atoms with Crippen LogP contribution in [0.1, 0.15) is 25.8 Å². The second-order valence-corrected chi connectivity index (χ2v) is 7.22. The Morgan fingerprint density at radius 1 is 1.15 bits per heavy atom. The van der Waals surface area contributed by atoms with Gasteiger partial charge in [-0.1, -0.05) is 18.2 Å². The maximum absolute atomic E-state index is 12.1. The molecule has 2 aromatic carbocycles. The minimum atomic E-state index is -1.29. The van der Waals surface area contributed by atoms with Crippen LogP contribution in [0.15, 0.2) is 53.4 Å². The van der Waals surface area contributed by atoms with E-state index >= 15 is 0 Å². The van der Waals surface area contributed by atoms with Crippen LogP contribution in [-0.4, -0.2) is 28.8 Å². The number of carboxylic acid groups (broad SMARTS) is 1. The summed E-state index contributed by atoms with van der Waals surface area (Å²) in [5.41, 5.74) is 0.493. The van der Waals surface area contributed by atoms with Gasteiger partial charge >= 0.3 is 5.97 Å². The van der Waals surface area contributed by atoms with Crippen molar-refractivity contribution in [1.82, 2.24) is 0 Å². The van der Waals surface area contributed by atoms with Crippen LogP contribution in [-0.2, 0) is 16.0 Å². The van der Waals surface area contributed by atoms with E-state index in [9.17, 15) is 9.59 Å². The van der Waals surface area contributed by atoms with Crippen LogP contribution in [0.4, 0.5) is 5.69 Å². The van der Waals surface area contributed by atoms with E-state index < -0.39 is 11.6 Å². The molecule has 5 nitrogen and oxygen atoms in total. The van der Waals surface area contributed by atoms with Crippen LogP contribution in [0.5, 0.6) is 5.75 Å². The predicted octanol–water partition coefficient (Wildman–Crippen LogP) is 4.22. The lowest BCUT2D eigenvalue weighted by atomic mass is 10.1. The summed E-state index contributed by atoms with van der Waals surface area (Å²) in [5.74, 6) is -0.584. The summed E-state index contributed by atoms with van der Waals surface area (Å²) in [6, 6.07) is 14.9. The number of benzene rings is 2. The summed E-state index contributed by atoms with van der Waals surface area (Å²) in [7, 11) is 0. The molecule has 26 heavy (non-hydrogen) atoms. The average molecular weight is 373 g/mol. The van der Waals surface area contributed by atoms with E-state index in [1.165, 1.54) is 13.8 Å². The van der Waals surface area contributed by atoms with Crippen LogP contribution in [0.25, 0.3) is 0 Å². The van der Waals surface area contributed by atoms with E-state index in [1.807, 2.05) is 42.7 Å². The fourth-order valence-electron chi connectivity index (χ4n) is 2.24. The molecule has 0 saturated heterocycles. The normalized spacial score (nSPS) is 11.0. The molecule has 0 radical (unpaired) electrons. The van der Waals surface area contributed by atoms with Crippen molar-refractivity contribution in [1.29, 1.82) is 0 Å². The van der Waals surface area contributed by atoms with E-state index in [2.05, 4.69) is 5.32 Å². The number of aliphatic carboxylic acids is 1. The molecule has 6 heteroatoms. The lowest BCUT2D eigenvalue weighted by molar-refractivity contribution is -0.152. The Kier molecular flexibility index (Phi) is 6.69. The zero-order valence-corrected chi connectivity index (χ0v) is 15.9. The lowest BCUT2D eigenvalue weighted by Crippen LogP contribution is -2.37. The van der Waals surface area contributed by atoms with Crippen molar-refractivity contribution in [2.24, 2.45) is 0 Å². The molecule has 2 rings (SSSR count). The second-order valence-electron chi connectivity index (χ2n) is 6.34. The van der Waals surface area contributed by atoms with E-state index in [4.69, 9.17) is 9.84 Å². The van der Waals surface area contributed by atoms with Crippen LogP contribution in [0.3, 0.4) is 0 Å². The van der Waals surface area contributed by atoms with Gasteiger partial charge in [-0.3, -0.25) is 4.79 Å². The Balaban J connectivity index is 1.87. The van der Waals surface area contributed by atoms with Gasteiger partial charge < -0.3 is 15.2 Å². The van der Waals surface area contributed by atoms with Crippen molar-refractivity contribution >= 4 is 29.3 Å². The van der Waals surface area contributed by atoms with Gasteiger partial charge in [-0.15, -0.1) is 11.8 Å². The number of amides is 1. The molecule has 0 aliphatic heterocycles. The average Bonchev–Trinajstić information content (AvgIpc) is 2.61. The molecule has 0 saturated carbocycles. The number of hydrogen-bond acceptors (Lipinski definition) is 4. The number of nitrogens with one attached hydrogen (secondary N) is 1. The Morgan fingerprint density at radius 3 is 2.46 bits per heavy atom. The lowest BCUT2D eigenvalue weighted by Gasteiger charge is -2.21. The summed E-state index contributed by atoms with van der Waals surface area (Å²) in [4.78, 5) is 24.3. The van der Waals surface area contributed by atoms with Crippen LogP contribution in [0, 0.1) is 0 Å². The molecule has 2 N–H and O–H groups in total. The van der Waals surface area contributed by atoms with E-state index in [0.717, 1.165) is 16.1 Å². The first-order valence-electron chi connectivity index (χ1n) is 8.25. The third-order valence-electron chi connectivity index (χ3n) is 3.81. The van der Waals surface area contributed by atoms with Crippen molar-refractivity contribution < 1.29 is 19.4 Å². The second kappa shape index (κ2) is 8.76. The summed E-state index contributed by atoms with van der Waals surface area (Å²) < 4.78 is 5.46. The van der Waals surface area contributed by atoms with Crippen LogP contribution >= 0.6 is 11.8 Å². The summed E-state index contributed by atoms with van der Waals surface area (Å²) in [5, 5.41) is 12.0. The standard InChI is InChI=1S/C20H23NO4S/c1-20(2,19(23)24)25-16-10-7-14(8-11-16)9-12-18(22)21-15-5-4-6-17(13-15)26-3/h4-8,10-11,13H,9,12H2,1-3H3,(H,21,22)(H,23,24). The predicted molar refractivity (Wildman–Crippen MR) is 104 cm³/mol. The molecule has 0 fully saturated rings. The highest BCUT2D eigenvalue weighted by Gasteiger charge is 2.29. The van der Waals surface area contributed by atoms with E-state index in [0.29, 0.717) is 18.6 Å². The van der Waals surface area contributed by atoms with Crippen molar-refractivity contribution in [3.63, 3.8) is 0 Å². The molecule has 1 amide bonds. The van der Waals surface area contributed by atoms with Gasteiger partial charge in [0.15, 0.2) is 5.60 Å². The molecule has 0 spiro atoms. The van der Waals surface area contributed by atoms with Gasteiger partial charge in [0.1, 0.15) is 5.75 Å². The number of carboxylic acids is 1. The SMILES string of the molecule is CSc1cccc(NC(=O)CCc2ccc(OC(C)(C)C(=O)O)cc2)c1. The third-order valence-corrected chi connectivity index (χ3v) is 4.53. The highest BCUT2D eigenvalue weighted by molar-refractivity contribution is 7.98. The van der Waals surface area contributed by atoms with Gasteiger partial charge in [0.05, 0.1) is 0 Å². The highest BCUT2D eigenvalue weighted by atomic mass is 32.2. The first-order chi connectivity index (χ1) is 12.3. The van der Waals surface area contributed by atoms with Crippen molar-refractivity contribution in [3.05, 3.63) is 54.1 Å². The summed E-state index contributed by atoms with van der Waals surface area (Å²) >= 11 is 1.63. The molecule has 0 aliphatic rings. The number of rotatable bonds is 8. The fraction of sp³-hybridized carbons (Fsp3) is 0.300. The maximum Gasteiger partial charge on any atom is 0.347 e. The molecule has 0 unspecified atom stereocenters. The number of ether oxygens (including phenoxy) is 1. The molecule has 2 aromatic rings. The van der Waals surface area contributed by atoms with Crippen LogP contribution < -0.4 is 10.1 Å². The number of carbonyl (C=O) groups excluding carboxylic acids is 1. The van der Waals surface area contributed by atoms with Gasteiger partial charge in [0.2, 0.25) is 5.91 Å². The largest absolute Gasteiger partial charge is 0.478 e. The molecular formula is C20H23NO4S. The molecular weight excluding hydrogens is 350 g/mol. The minimum absolute atomic E-state index is 0.0457. The van der Waals surface area contributed by atoms with Crippen molar-refractivity contribution in [3.8, 4) is 5.75 Å². The Morgan fingerprint density at radius 2 is 1.85 bits per heavy atom. The third kappa shape index (κ3) is 5.81. The summed E-state index contributed by atoms with van der Waals surface area (Å²) in [6.45, 7) is 3.00. The first-order valence-corrected chi connectivity index (χ1v) is 9.48. The van der Waals surface area contributed by atoms with Gasteiger partial charge in [-0.05, 0) is 62.4 Å². The number of thioether (sulfide) groups is 1. The summed E-state index contributed by atoms with van der Waals surface area (Å²) in [6.07, 6.45) is 2.95. The van der Waals surface area contributed by atoms with Gasteiger partial charge in [-0.25, -0.2) is 4.79 Å². The number of aryl methyl sites for hydroxylation is 1. The quantitative estimate of drug-likeness (QED) is 0.678. The maximum atomic E-state index is 12.1. The Labute approximate surface area is 157 Å². The molecule has 0 aromatic heterocycles. The highest BCUT2D eigenvalue weighted by Crippen LogP contribution is 2.21. The van der Waals surface area contributed by atoms with Crippen molar-refractivity contribution in [2.75, 3.05) is 11.6 Å². The topological polar surface area (TPSA) is 75.6 Å². The van der Waals surface area contributed by atoms with E-state index in [1.54, 1.807) is 23.9 Å². The van der Waals surface area contributed by atoms with Gasteiger partial charge in [0.25, 0.3) is 0 Å². The zero-order chi connectivity index (χ0) is 19.2.